The maximum atomic E-state index is 5.59. The molecule has 0 saturated carbocycles. The highest BCUT2D eigenvalue weighted by atomic mass is 79.9. The highest BCUT2D eigenvalue weighted by Crippen LogP contribution is 2.18. The number of nitrogens with two attached hydrogens (primary N) is 1. The molecular weight excluding hydrogens is 194 g/mol. The Bertz CT molecular complexity index is 185. The summed E-state index contributed by atoms with van der Waals surface area (Å²) < 4.78 is 1.93. The number of halogens is 1. The normalized spacial score (nSPS) is 18.4. The molecule has 0 aromatic carbocycles. The van der Waals surface area contributed by atoms with Crippen molar-refractivity contribution in [3.63, 3.8) is 0 Å². The molecule has 4 heteroatoms. The summed E-state index contributed by atoms with van der Waals surface area (Å²) >= 11 is 3.36. The third-order valence-electron chi connectivity index (χ3n) is 1.40. The lowest BCUT2D eigenvalue weighted by atomic mass is 10.3. The molecule has 56 valence electrons. The number of allylic oxidation sites excluding steroid dienone is 1. The molecule has 2 N–H and O–H groups in total. The summed E-state index contributed by atoms with van der Waals surface area (Å²) in [5.74, 6) is 0.616. The summed E-state index contributed by atoms with van der Waals surface area (Å²) in [6, 6.07) is 0. The fourth-order valence-corrected chi connectivity index (χ4v) is 1.43. The zero-order valence-electron chi connectivity index (χ0n) is 5.84. The quantitative estimate of drug-likeness (QED) is 0.652. The van der Waals surface area contributed by atoms with Crippen molar-refractivity contribution in [1.82, 2.24) is 3.93 Å². The van der Waals surface area contributed by atoms with Gasteiger partial charge in [0.2, 0.25) is 0 Å². The van der Waals surface area contributed by atoms with E-state index in [9.17, 15) is 0 Å². The molecule has 1 aliphatic rings. The van der Waals surface area contributed by atoms with Crippen LogP contribution in [0.2, 0.25) is 0 Å². The lowest BCUT2D eigenvalue weighted by Crippen LogP contribution is -2.21. The average molecular weight is 204 g/mol. The summed E-state index contributed by atoms with van der Waals surface area (Å²) in [6.07, 6.45) is 2.69. The molecule has 0 radical (unpaired) electrons. The molecule has 3 nitrogen and oxygen atoms in total. The van der Waals surface area contributed by atoms with Gasteiger partial charge in [0, 0.05) is 22.4 Å². The fraction of sp³-hybridized carbons (Fsp3) is 0.500. The summed E-state index contributed by atoms with van der Waals surface area (Å²) in [7, 11) is 0. The summed E-state index contributed by atoms with van der Waals surface area (Å²) in [5.41, 5.74) is 6.65. The van der Waals surface area contributed by atoms with Gasteiger partial charge in [0.1, 0.15) is 5.82 Å². The number of nitrogens with zero attached hydrogens (tertiary/aromatic N) is 2. The van der Waals surface area contributed by atoms with Gasteiger partial charge in [-0.3, -0.25) is 0 Å². The Balaban J connectivity index is 2.83. The van der Waals surface area contributed by atoms with Gasteiger partial charge < -0.3 is 9.66 Å². The summed E-state index contributed by atoms with van der Waals surface area (Å²) in [5, 5.41) is 0. The van der Waals surface area contributed by atoms with E-state index < -0.39 is 0 Å². The SMILES string of the molecule is CCC1=C(N)N=CCN1Br. The van der Waals surface area contributed by atoms with E-state index in [2.05, 4.69) is 28.1 Å². The first-order valence-electron chi connectivity index (χ1n) is 3.20. The van der Waals surface area contributed by atoms with Crippen LogP contribution in [-0.4, -0.2) is 16.7 Å². The maximum Gasteiger partial charge on any atom is 0.143 e. The van der Waals surface area contributed by atoms with Gasteiger partial charge in [-0.1, -0.05) is 6.92 Å². The minimum atomic E-state index is 0.616. The van der Waals surface area contributed by atoms with Gasteiger partial charge in [-0.2, -0.15) is 0 Å². The molecule has 0 fully saturated rings. The predicted molar refractivity (Wildman–Crippen MR) is 45.6 cm³/mol. The molecule has 0 aromatic rings. The van der Waals surface area contributed by atoms with Crippen LogP contribution in [0.5, 0.6) is 0 Å². The van der Waals surface area contributed by atoms with Gasteiger partial charge in [-0.25, -0.2) is 4.99 Å². The van der Waals surface area contributed by atoms with E-state index in [4.69, 9.17) is 5.73 Å². The molecule has 1 rings (SSSR count). The van der Waals surface area contributed by atoms with Gasteiger partial charge in [-0.15, -0.1) is 0 Å². The molecule has 1 heterocycles. The summed E-state index contributed by atoms with van der Waals surface area (Å²) in [6.45, 7) is 2.85. The second-order valence-electron chi connectivity index (χ2n) is 2.04. The second kappa shape index (κ2) is 3.05. The largest absolute Gasteiger partial charge is 0.382 e. The van der Waals surface area contributed by atoms with Crippen LogP contribution in [0, 0.1) is 0 Å². The van der Waals surface area contributed by atoms with Crippen molar-refractivity contribution in [3.8, 4) is 0 Å². The van der Waals surface area contributed by atoms with Crippen molar-refractivity contribution in [2.75, 3.05) is 6.54 Å². The van der Waals surface area contributed by atoms with Gasteiger partial charge in [-0.05, 0) is 6.42 Å². The minimum absolute atomic E-state index is 0.616. The third kappa shape index (κ3) is 1.31. The van der Waals surface area contributed by atoms with Gasteiger partial charge in [0.25, 0.3) is 0 Å². The lowest BCUT2D eigenvalue weighted by Gasteiger charge is -2.20. The first-order valence-corrected chi connectivity index (χ1v) is 3.91. The number of aliphatic imine (C=N–C) groups is 1. The van der Waals surface area contributed by atoms with E-state index in [0.717, 1.165) is 18.7 Å². The van der Waals surface area contributed by atoms with Gasteiger partial charge in [0.15, 0.2) is 0 Å². The van der Waals surface area contributed by atoms with Crippen LogP contribution in [0.15, 0.2) is 16.5 Å². The van der Waals surface area contributed by atoms with Crippen LogP contribution in [0.3, 0.4) is 0 Å². The highest BCUT2D eigenvalue weighted by Gasteiger charge is 2.10. The van der Waals surface area contributed by atoms with E-state index in [-0.39, 0.29) is 0 Å². The fourth-order valence-electron chi connectivity index (χ4n) is 0.873. The van der Waals surface area contributed by atoms with E-state index >= 15 is 0 Å². The van der Waals surface area contributed by atoms with Crippen LogP contribution in [0.4, 0.5) is 0 Å². The first-order chi connectivity index (χ1) is 4.75. The van der Waals surface area contributed by atoms with Crippen molar-refractivity contribution >= 4 is 22.4 Å². The topological polar surface area (TPSA) is 41.6 Å². The molecule has 0 aliphatic carbocycles. The Morgan fingerprint density at radius 3 is 3.00 bits per heavy atom. The van der Waals surface area contributed by atoms with Crippen LogP contribution >= 0.6 is 16.1 Å². The molecular formula is C6H10BrN3. The predicted octanol–water partition coefficient (Wildman–Crippen LogP) is 1.22. The van der Waals surface area contributed by atoms with Crippen molar-refractivity contribution in [3.05, 3.63) is 11.5 Å². The van der Waals surface area contributed by atoms with Crippen molar-refractivity contribution in [1.29, 1.82) is 0 Å². The number of rotatable bonds is 1. The van der Waals surface area contributed by atoms with E-state index in [1.54, 1.807) is 6.21 Å². The van der Waals surface area contributed by atoms with Gasteiger partial charge >= 0.3 is 0 Å². The number of hydrogen-bond acceptors (Lipinski definition) is 3. The molecule has 0 unspecified atom stereocenters. The Labute approximate surface area is 68.9 Å². The van der Waals surface area contributed by atoms with Crippen LogP contribution in [0.25, 0.3) is 0 Å². The molecule has 0 spiro atoms. The van der Waals surface area contributed by atoms with Gasteiger partial charge in [0.05, 0.1) is 12.2 Å². The van der Waals surface area contributed by atoms with Crippen molar-refractivity contribution in [2.24, 2.45) is 10.7 Å². The van der Waals surface area contributed by atoms with Crippen molar-refractivity contribution < 1.29 is 0 Å². The smallest absolute Gasteiger partial charge is 0.143 e. The van der Waals surface area contributed by atoms with E-state index in [1.165, 1.54) is 0 Å². The van der Waals surface area contributed by atoms with Crippen LogP contribution in [0.1, 0.15) is 13.3 Å². The second-order valence-corrected chi connectivity index (χ2v) is 2.90. The Hall–Kier alpha value is -0.510. The highest BCUT2D eigenvalue weighted by molar-refractivity contribution is 9.07. The lowest BCUT2D eigenvalue weighted by molar-refractivity contribution is 0.624. The Kier molecular flexibility index (Phi) is 2.32. The molecule has 0 saturated heterocycles. The van der Waals surface area contributed by atoms with Crippen LogP contribution < -0.4 is 5.73 Å². The monoisotopic (exact) mass is 203 g/mol. The Morgan fingerprint density at radius 1 is 1.90 bits per heavy atom. The maximum absolute atomic E-state index is 5.59. The summed E-state index contributed by atoms with van der Waals surface area (Å²) in [4.78, 5) is 3.99. The zero-order chi connectivity index (χ0) is 7.56. The molecule has 1 aliphatic heterocycles. The number of hydrogen-bond donors (Lipinski definition) is 1. The minimum Gasteiger partial charge on any atom is -0.382 e. The van der Waals surface area contributed by atoms with Crippen LogP contribution in [-0.2, 0) is 0 Å². The Morgan fingerprint density at radius 2 is 2.60 bits per heavy atom. The first kappa shape index (κ1) is 7.60. The standard InChI is InChI=1S/C6H10BrN3/c1-2-5-6(8)9-3-4-10(5)7/h3H,2,4,8H2,1H3. The van der Waals surface area contributed by atoms with Crippen molar-refractivity contribution in [2.45, 2.75) is 13.3 Å². The third-order valence-corrected chi connectivity index (χ3v) is 2.11. The van der Waals surface area contributed by atoms with E-state index in [1.807, 2.05) is 3.93 Å². The molecule has 0 amide bonds. The molecule has 10 heavy (non-hydrogen) atoms. The zero-order valence-corrected chi connectivity index (χ0v) is 7.43. The van der Waals surface area contributed by atoms with E-state index in [0.29, 0.717) is 5.82 Å². The molecule has 0 atom stereocenters. The average Bonchev–Trinajstić information content (AvgIpc) is 1.88. The molecule has 0 bridgehead atoms. The molecule has 0 aromatic heterocycles.